The Kier molecular flexibility index (Phi) is 7.21. The van der Waals surface area contributed by atoms with Crippen LogP contribution in [0.25, 0.3) is 0 Å². The molecule has 0 aliphatic rings. The van der Waals surface area contributed by atoms with Crippen molar-refractivity contribution in [3.8, 4) is 17.6 Å². The van der Waals surface area contributed by atoms with Gasteiger partial charge in [0.05, 0.1) is 6.21 Å². The van der Waals surface area contributed by atoms with Crippen molar-refractivity contribution in [1.29, 1.82) is 5.26 Å². The first-order valence-corrected chi connectivity index (χ1v) is 8.64. The van der Waals surface area contributed by atoms with Crippen LogP contribution in [0.4, 0.5) is 0 Å². The number of carbonyl (C=O) groups excluding carboxylic acids is 1. The highest BCUT2D eigenvalue weighted by Crippen LogP contribution is 2.27. The molecule has 0 aliphatic heterocycles. The van der Waals surface area contributed by atoms with E-state index in [-0.39, 0.29) is 12.5 Å². The van der Waals surface area contributed by atoms with Gasteiger partial charge in [-0.15, -0.1) is 0 Å². The average molecular weight is 386 g/mol. The van der Waals surface area contributed by atoms with Gasteiger partial charge in [-0.25, -0.2) is 5.43 Å². The van der Waals surface area contributed by atoms with Crippen molar-refractivity contribution in [2.24, 2.45) is 5.10 Å². The molecular formula is C20H20ClN3O3. The Bertz CT molecular complexity index is 850. The fourth-order valence-corrected chi connectivity index (χ4v) is 2.67. The summed E-state index contributed by atoms with van der Waals surface area (Å²) in [6.45, 7) is 5.40. The summed E-state index contributed by atoms with van der Waals surface area (Å²) >= 11 is 6.01. The van der Waals surface area contributed by atoms with Crippen molar-refractivity contribution in [2.75, 3.05) is 6.61 Å². The van der Waals surface area contributed by atoms with Gasteiger partial charge >= 0.3 is 0 Å². The number of carbonyl (C=O) groups is 1. The van der Waals surface area contributed by atoms with Crippen molar-refractivity contribution in [3.63, 3.8) is 0 Å². The highest BCUT2D eigenvalue weighted by Gasteiger charge is 2.16. The van der Waals surface area contributed by atoms with Gasteiger partial charge in [-0.3, -0.25) is 4.79 Å². The van der Waals surface area contributed by atoms with Gasteiger partial charge in [0, 0.05) is 5.02 Å². The zero-order valence-corrected chi connectivity index (χ0v) is 16.1. The molecule has 6 nitrogen and oxygen atoms in total. The van der Waals surface area contributed by atoms with Gasteiger partial charge in [0.25, 0.3) is 5.91 Å². The molecule has 0 spiro atoms. The first-order chi connectivity index (χ1) is 12.9. The molecule has 140 valence electrons. The lowest BCUT2D eigenvalue weighted by Gasteiger charge is -2.17. The van der Waals surface area contributed by atoms with Crippen molar-refractivity contribution >= 4 is 23.7 Å². The van der Waals surface area contributed by atoms with E-state index in [9.17, 15) is 4.79 Å². The highest BCUT2D eigenvalue weighted by molar-refractivity contribution is 6.30. The van der Waals surface area contributed by atoms with E-state index in [0.717, 1.165) is 16.7 Å². The number of nitriles is 1. The summed E-state index contributed by atoms with van der Waals surface area (Å²) in [6.07, 6.45) is 0.791. The maximum Gasteiger partial charge on any atom is 0.280 e. The molecule has 0 unspecified atom stereocenters. The minimum absolute atomic E-state index is 0.00600. The summed E-state index contributed by atoms with van der Waals surface area (Å²) in [4.78, 5) is 12.2. The molecule has 27 heavy (non-hydrogen) atoms. The van der Waals surface area contributed by atoms with E-state index in [1.165, 1.54) is 6.21 Å². The molecule has 1 amide bonds. The van der Waals surface area contributed by atoms with Crippen LogP contribution in [0.15, 0.2) is 41.5 Å². The average Bonchev–Trinajstić information content (AvgIpc) is 2.63. The molecule has 0 heterocycles. The third-order valence-electron chi connectivity index (χ3n) is 3.66. The fraction of sp³-hybridized carbons (Fsp3) is 0.250. The molecule has 0 bridgehead atoms. The molecule has 2 rings (SSSR count). The molecule has 2 aromatic carbocycles. The first kappa shape index (κ1) is 20.3. The second kappa shape index (κ2) is 9.60. The molecule has 0 saturated carbocycles. The number of amides is 1. The number of nitrogens with zero attached hydrogens (tertiary/aromatic N) is 2. The van der Waals surface area contributed by atoms with Crippen LogP contribution in [-0.4, -0.2) is 24.8 Å². The number of hydrogen-bond acceptors (Lipinski definition) is 5. The van der Waals surface area contributed by atoms with Gasteiger partial charge < -0.3 is 9.47 Å². The SMILES string of the molecule is Cc1cc(Cl)cc(C)c1O[C@@H](C)C(=O)N/N=C\c1ccc(OCC#N)cc1. The third-order valence-corrected chi connectivity index (χ3v) is 3.88. The normalized spacial score (nSPS) is 11.7. The second-order valence-corrected chi connectivity index (χ2v) is 6.32. The molecule has 0 aliphatic carbocycles. The smallest absolute Gasteiger partial charge is 0.280 e. The van der Waals surface area contributed by atoms with Crippen LogP contribution in [0, 0.1) is 25.2 Å². The van der Waals surface area contributed by atoms with E-state index in [1.54, 1.807) is 43.3 Å². The van der Waals surface area contributed by atoms with Gasteiger partial charge in [0.2, 0.25) is 0 Å². The molecule has 0 fully saturated rings. The Hall–Kier alpha value is -3.04. The number of aryl methyl sites for hydroxylation is 2. The lowest BCUT2D eigenvalue weighted by atomic mass is 10.1. The topological polar surface area (TPSA) is 83.7 Å². The van der Waals surface area contributed by atoms with Gasteiger partial charge in [-0.1, -0.05) is 11.6 Å². The van der Waals surface area contributed by atoms with E-state index in [1.807, 2.05) is 19.9 Å². The van der Waals surface area contributed by atoms with Gasteiger partial charge in [0.1, 0.15) is 17.6 Å². The standard InChI is InChI=1S/C20H20ClN3O3/c1-13-10-17(21)11-14(2)19(13)27-15(3)20(25)24-23-12-16-4-6-18(7-5-16)26-9-8-22/h4-7,10-12,15H,9H2,1-3H3,(H,24,25)/b23-12-/t15-/m0/s1. The van der Waals surface area contributed by atoms with Crippen LogP contribution in [0.1, 0.15) is 23.6 Å². The molecule has 1 atom stereocenters. The molecular weight excluding hydrogens is 366 g/mol. The van der Waals surface area contributed by atoms with Gasteiger partial charge in [0.15, 0.2) is 12.7 Å². The minimum Gasteiger partial charge on any atom is -0.480 e. The Morgan fingerprint density at radius 3 is 2.52 bits per heavy atom. The molecule has 0 radical (unpaired) electrons. The minimum atomic E-state index is -0.720. The summed E-state index contributed by atoms with van der Waals surface area (Å²) in [5.74, 6) is 0.862. The van der Waals surface area contributed by atoms with E-state index in [2.05, 4.69) is 10.5 Å². The van der Waals surface area contributed by atoms with E-state index < -0.39 is 6.10 Å². The Morgan fingerprint density at radius 1 is 1.30 bits per heavy atom. The largest absolute Gasteiger partial charge is 0.480 e. The van der Waals surface area contributed by atoms with Crippen LogP contribution >= 0.6 is 11.6 Å². The summed E-state index contributed by atoms with van der Waals surface area (Å²) in [6, 6.07) is 12.5. The first-order valence-electron chi connectivity index (χ1n) is 8.27. The maximum absolute atomic E-state index is 12.2. The summed E-state index contributed by atoms with van der Waals surface area (Å²) in [5, 5.41) is 13.0. The predicted molar refractivity (Wildman–Crippen MR) is 104 cm³/mol. The summed E-state index contributed by atoms with van der Waals surface area (Å²) < 4.78 is 10.9. The van der Waals surface area contributed by atoms with Crippen molar-refractivity contribution in [3.05, 3.63) is 58.1 Å². The Labute approximate surface area is 163 Å². The Morgan fingerprint density at radius 2 is 1.93 bits per heavy atom. The van der Waals surface area contributed by atoms with Crippen LogP contribution in [0.3, 0.4) is 0 Å². The molecule has 0 saturated heterocycles. The zero-order chi connectivity index (χ0) is 19.8. The lowest BCUT2D eigenvalue weighted by molar-refractivity contribution is -0.127. The predicted octanol–water partition coefficient (Wildman–Crippen LogP) is 3.78. The Balaban J connectivity index is 1.91. The number of rotatable bonds is 7. The van der Waals surface area contributed by atoms with Crippen LogP contribution in [0.2, 0.25) is 5.02 Å². The molecule has 2 aromatic rings. The van der Waals surface area contributed by atoms with Crippen molar-refractivity contribution < 1.29 is 14.3 Å². The fourth-order valence-electron chi connectivity index (χ4n) is 2.34. The molecule has 7 heteroatoms. The van der Waals surface area contributed by atoms with E-state index >= 15 is 0 Å². The number of ether oxygens (including phenoxy) is 2. The zero-order valence-electron chi connectivity index (χ0n) is 15.3. The summed E-state index contributed by atoms with van der Waals surface area (Å²) in [7, 11) is 0. The van der Waals surface area contributed by atoms with Crippen molar-refractivity contribution in [1.82, 2.24) is 5.43 Å². The van der Waals surface area contributed by atoms with Crippen LogP contribution in [-0.2, 0) is 4.79 Å². The van der Waals surface area contributed by atoms with Crippen LogP contribution < -0.4 is 14.9 Å². The monoisotopic (exact) mass is 385 g/mol. The van der Waals surface area contributed by atoms with Crippen molar-refractivity contribution in [2.45, 2.75) is 26.9 Å². The van der Waals surface area contributed by atoms with E-state index in [0.29, 0.717) is 16.5 Å². The lowest BCUT2D eigenvalue weighted by Crippen LogP contribution is -2.33. The molecule has 0 aromatic heterocycles. The van der Waals surface area contributed by atoms with Crippen LogP contribution in [0.5, 0.6) is 11.5 Å². The van der Waals surface area contributed by atoms with Gasteiger partial charge in [-0.05, 0) is 73.9 Å². The second-order valence-electron chi connectivity index (χ2n) is 5.88. The number of nitrogens with one attached hydrogen (secondary N) is 1. The molecule has 1 N–H and O–H groups in total. The third kappa shape index (κ3) is 6.01. The quantitative estimate of drug-likeness (QED) is 0.580. The number of halogens is 1. The highest BCUT2D eigenvalue weighted by atomic mass is 35.5. The maximum atomic E-state index is 12.2. The number of benzene rings is 2. The number of hydrazone groups is 1. The number of hydrogen-bond donors (Lipinski definition) is 1. The summed E-state index contributed by atoms with van der Waals surface area (Å²) in [5.41, 5.74) is 4.96. The van der Waals surface area contributed by atoms with E-state index in [4.69, 9.17) is 26.3 Å². The van der Waals surface area contributed by atoms with Gasteiger partial charge in [-0.2, -0.15) is 10.4 Å².